The molecular formula is C17H22N4OS. The van der Waals surface area contributed by atoms with Crippen LogP contribution in [-0.4, -0.2) is 27.7 Å². The smallest absolute Gasteiger partial charge is 0.216 e. The molecule has 122 valence electrons. The van der Waals surface area contributed by atoms with Crippen molar-refractivity contribution in [1.82, 2.24) is 14.9 Å². The van der Waals surface area contributed by atoms with Gasteiger partial charge in [-0.1, -0.05) is 45.0 Å². The van der Waals surface area contributed by atoms with E-state index in [1.54, 1.807) is 10.9 Å². The Morgan fingerprint density at radius 1 is 1.35 bits per heavy atom. The Hall–Kier alpha value is -1.79. The molecule has 1 N–H and O–H groups in total. The lowest BCUT2D eigenvalue weighted by Gasteiger charge is -2.18. The van der Waals surface area contributed by atoms with Gasteiger partial charge in [-0.15, -0.1) is 0 Å². The minimum Gasteiger partial charge on any atom is -0.370 e. The van der Waals surface area contributed by atoms with E-state index >= 15 is 0 Å². The summed E-state index contributed by atoms with van der Waals surface area (Å²) in [6, 6.07) is 8.41. The van der Waals surface area contributed by atoms with Gasteiger partial charge in [-0.05, 0) is 41.6 Å². The molecule has 5 nitrogen and oxygen atoms in total. The van der Waals surface area contributed by atoms with Gasteiger partial charge in [-0.25, -0.2) is 0 Å². The van der Waals surface area contributed by atoms with E-state index in [1.165, 1.54) is 5.56 Å². The second kappa shape index (κ2) is 6.37. The molecule has 23 heavy (non-hydrogen) atoms. The fourth-order valence-electron chi connectivity index (χ4n) is 2.60. The Labute approximate surface area is 141 Å². The molecule has 1 atom stereocenters. The Bertz CT molecular complexity index is 746. The number of rotatable bonds is 3. The molecule has 3 rings (SSSR count). The van der Waals surface area contributed by atoms with Crippen molar-refractivity contribution in [2.75, 3.05) is 6.61 Å². The van der Waals surface area contributed by atoms with Crippen molar-refractivity contribution in [1.29, 1.82) is 0 Å². The molecule has 1 aliphatic rings. The number of H-pyrrole nitrogens is 1. The van der Waals surface area contributed by atoms with Crippen LogP contribution in [0.4, 0.5) is 0 Å². The van der Waals surface area contributed by atoms with E-state index in [9.17, 15) is 0 Å². The molecule has 0 radical (unpaired) electrons. The number of nitrogens with zero attached hydrogens (tertiary/aromatic N) is 3. The van der Waals surface area contributed by atoms with Gasteiger partial charge in [-0.2, -0.15) is 14.9 Å². The quantitative estimate of drug-likeness (QED) is 0.684. The summed E-state index contributed by atoms with van der Waals surface area (Å²) in [6.45, 7) is 7.38. The molecular weight excluding hydrogens is 308 g/mol. The number of nitrogens with one attached hydrogen (secondary N) is 1. The molecule has 1 aromatic heterocycles. The van der Waals surface area contributed by atoms with Gasteiger partial charge in [0, 0.05) is 6.61 Å². The van der Waals surface area contributed by atoms with Crippen LogP contribution in [0.1, 0.15) is 56.7 Å². The van der Waals surface area contributed by atoms with Crippen LogP contribution in [0.5, 0.6) is 0 Å². The van der Waals surface area contributed by atoms with Gasteiger partial charge in [0.25, 0.3) is 0 Å². The highest BCUT2D eigenvalue weighted by atomic mass is 32.1. The molecule has 1 aliphatic heterocycles. The molecule has 0 saturated carbocycles. The number of hydrogen-bond acceptors (Lipinski definition) is 4. The monoisotopic (exact) mass is 330 g/mol. The molecule has 2 aromatic rings. The third-order valence-corrected chi connectivity index (χ3v) is 4.26. The standard InChI is InChI=1S/C17H22N4OS/c1-17(2,3)13-8-6-12(7-9-13)11-18-21-15(19-20-16(21)23)14-5-4-10-22-14/h6-9,11,14H,4-5,10H2,1-3H3,(H,20,23)/b18-11-/t14-/m0/s1. The zero-order chi connectivity index (χ0) is 16.4. The summed E-state index contributed by atoms with van der Waals surface area (Å²) in [5.41, 5.74) is 2.48. The van der Waals surface area contributed by atoms with Crippen LogP contribution in [-0.2, 0) is 10.2 Å². The minimum absolute atomic E-state index is 0.0247. The normalized spacial score (nSPS) is 18.8. The Morgan fingerprint density at radius 3 is 2.70 bits per heavy atom. The van der Waals surface area contributed by atoms with Crippen LogP contribution in [0, 0.1) is 4.77 Å². The van der Waals surface area contributed by atoms with Crippen LogP contribution < -0.4 is 0 Å². The first-order chi connectivity index (χ1) is 10.9. The first-order valence-corrected chi connectivity index (χ1v) is 8.30. The maximum absolute atomic E-state index is 5.67. The van der Waals surface area contributed by atoms with E-state index in [0.717, 1.165) is 30.8 Å². The Kier molecular flexibility index (Phi) is 4.46. The SMILES string of the molecule is CC(C)(C)c1ccc(/C=N\n2c([C@@H]3CCCO3)n[nH]c2=S)cc1. The second-order valence-electron chi connectivity index (χ2n) is 6.82. The molecule has 0 unspecified atom stereocenters. The molecule has 0 aliphatic carbocycles. The van der Waals surface area contributed by atoms with Crippen molar-refractivity contribution in [3.63, 3.8) is 0 Å². The van der Waals surface area contributed by atoms with Gasteiger partial charge in [0.05, 0.1) is 6.21 Å². The van der Waals surface area contributed by atoms with Gasteiger partial charge in [0.15, 0.2) is 5.82 Å². The van der Waals surface area contributed by atoms with E-state index in [1.807, 2.05) is 0 Å². The molecule has 1 fully saturated rings. The predicted octanol–water partition coefficient (Wildman–Crippen LogP) is 3.97. The highest BCUT2D eigenvalue weighted by molar-refractivity contribution is 7.71. The number of benzene rings is 1. The van der Waals surface area contributed by atoms with Crippen LogP contribution >= 0.6 is 12.2 Å². The van der Waals surface area contributed by atoms with E-state index in [-0.39, 0.29) is 11.5 Å². The average molecular weight is 330 g/mol. The molecule has 6 heteroatoms. The maximum atomic E-state index is 5.67. The van der Waals surface area contributed by atoms with Gasteiger partial charge < -0.3 is 4.74 Å². The van der Waals surface area contributed by atoms with Gasteiger partial charge in [-0.3, -0.25) is 5.10 Å². The number of aromatic nitrogens is 3. The largest absolute Gasteiger partial charge is 0.370 e. The number of hydrogen-bond donors (Lipinski definition) is 1. The lowest BCUT2D eigenvalue weighted by molar-refractivity contribution is 0.102. The van der Waals surface area contributed by atoms with Crippen LogP contribution in [0.3, 0.4) is 0 Å². The summed E-state index contributed by atoms with van der Waals surface area (Å²) in [5.74, 6) is 0.745. The van der Waals surface area contributed by atoms with Crippen LogP contribution in [0.2, 0.25) is 0 Å². The topological polar surface area (TPSA) is 55.2 Å². The molecule has 2 heterocycles. The van der Waals surface area contributed by atoms with Crippen molar-refractivity contribution >= 4 is 18.4 Å². The fourth-order valence-corrected chi connectivity index (χ4v) is 2.79. The zero-order valence-corrected chi connectivity index (χ0v) is 14.6. The van der Waals surface area contributed by atoms with E-state index < -0.39 is 0 Å². The first-order valence-electron chi connectivity index (χ1n) is 7.89. The highest BCUT2D eigenvalue weighted by Gasteiger charge is 2.23. The lowest BCUT2D eigenvalue weighted by atomic mass is 9.87. The minimum atomic E-state index is -0.0247. The third-order valence-electron chi connectivity index (χ3n) is 3.99. The predicted molar refractivity (Wildman–Crippen MR) is 93.5 cm³/mol. The van der Waals surface area contributed by atoms with E-state index in [4.69, 9.17) is 17.0 Å². The average Bonchev–Trinajstić information content (AvgIpc) is 3.14. The maximum Gasteiger partial charge on any atom is 0.216 e. The van der Waals surface area contributed by atoms with Gasteiger partial charge in [0.2, 0.25) is 4.77 Å². The lowest BCUT2D eigenvalue weighted by Crippen LogP contribution is -2.10. The van der Waals surface area contributed by atoms with Crippen molar-refractivity contribution < 1.29 is 4.74 Å². The Morgan fingerprint density at radius 2 is 2.09 bits per heavy atom. The summed E-state index contributed by atoms with van der Waals surface area (Å²) >= 11 is 5.27. The summed E-state index contributed by atoms with van der Waals surface area (Å²) in [4.78, 5) is 0. The molecule has 1 saturated heterocycles. The van der Waals surface area contributed by atoms with Crippen molar-refractivity contribution in [3.05, 3.63) is 46.0 Å². The summed E-state index contributed by atoms with van der Waals surface area (Å²) < 4.78 is 7.81. The van der Waals surface area contributed by atoms with Crippen LogP contribution in [0.15, 0.2) is 29.4 Å². The first kappa shape index (κ1) is 16.1. The zero-order valence-electron chi connectivity index (χ0n) is 13.7. The highest BCUT2D eigenvalue weighted by Crippen LogP contribution is 2.27. The van der Waals surface area contributed by atoms with E-state index in [2.05, 4.69) is 60.3 Å². The Balaban J connectivity index is 1.83. The van der Waals surface area contributed by atoms with Gasteiger partial charge in [0.1, 0.15) is 6.10 Å². The van der Waals surface area contributed by atoms with Gasteiger partial charge >= 0.3 is 0 Å². The van der Waals surface area contributed by atoms with Crippen molar-refractivity contribution in [2.24, 2.45) is 5.10 Å². The van der Waals surface area contributed by atoms with Crippen LogP contribution in [0.25, 0.3) is 0 Å². The summed E-state index contributed by atoms with van der Waals surface area (Å²) in [5, 5.41) is 11.6. The van der Waals surface area contributed by atoms with Crippen molar-refractivity contribution in [3.8, 4) is 0 Å². The molecule has 0 amide bonds. The molecule has 1 aromatic carbocycles. The number of aromatic amines is 1. The second-order valence-corrected chi connectivity index (χ2v) is 7.20. The summed E-state index contributed by atoms with van der Waals surface area (Å²) in [7, 11) is 0. The van der Waals surface area contributed by atoms with E-state index in [0.29, 0.717) is 4.77 Å². The molecule has 0 bridgehead atoms. The number of ether oxygens (including phenoxy) is 1. The molecule has 0 spiro atoms. The fraction of sp³-hybridized carbons (Fsp3) is 0.471. The third kappa shape index (κ3) is 3.59. The summed E-state index contributed by atoms with van der Waals surface area (Å²) in [6.07, 6.45) is 3.77. The van der Waals surface area contributed by atoms with Crippen molar-refractivity contribution in [2.45, 2.75) is 45.1 Å².